The van der Waals surface area contributed by atoms with E-state index in [4.69, 9.17) is 5.73 Å². The smallest absolute Gasteiger partial charge is 0.274 e. The second-order valence-electron chi connectivity index (χ2n) is 8.53. The van der Waals surface area contributed by atoms with Gasteiger partial charge >= 0.3 is 0 Å². The number of thiophene rings is 1. The summed E-state index contributed by atoms with van der Waals surface area (Å²) in [5, 5.41) is 6.69. The number of carbonyl (C=O) groups is 1. The summed E-state index contributed by atoms with van der Waals surface area (Å²) in [7, 11) is 0. The van der Waals surface area contributed by atoms with Crippen molar-refractivity contribution in [2.75, 3.05) is 11.1 Å². The number of carbonyl (C=O) groups excluding carboxylic acids is 1. The second kappa shape index (κ2) is 11.3. The molecule has 5 rings (SSSR count). The Labute approximate surface area is 226 Å². The highest BCUT2D eigenvalue weighted by Crippen LogP contribution is 2.31. The van der Waals surface area contributed by atoms with Crippen molar-refractivity contribution in [2.45, 2.75) is 20.0 Å². The van der Waals surface area contributed by atoms with E-state index in [1.807, 2.05) is 37.3 Å². The molecule has 0 saturated carbocycles. The molecule has 0 bridgehead atoms. The second-order valence-corrected chi connectivity index (χ2v) is 9.70. The zero-order valence-corrected chi connectivity index (χ0v) is 21.6. The van der Waals surface area contributed by atoms with Gasteiger partial charge < -0.3 is 16.4 Å². The molecule has 0 spiro atoms. The molecule has 0 radical (unpaired) electrons. The summed E-state index contributed by atoms with van der Waals surface area (Å²) in [5.41, 5.74) is 8.81. The van der Waals surface area contributed by atoms with E-state index in [1.165, 1.54) is 12.4 Å². The van der Waals surface area contributed by atoms with Crippen LogP contribution in [0.4, 0.5) is 20.4 Å². The highest BCUT2D eigenvalue weighted by molar-refractivity contribution is 7.15. The zero-order valence-electron chi connectivity index (χ0n) is 20.8. The van der Waals surface area contributed by atoms with Gasteiger partial charge in [-0.2, -0.15) is 0 Å². The lowest BCUT2D eigenvalue weighted by Gasteiger charge is -2.11. The number of halogens is 2. The molecule has 5 aromatic rings. The first kappa shape index (κ1) is 25.9. The number of rotatable bonds is 8. The number of allylic oxidation sites excluding steroid dienone is 1. The van der Waals surface area contributed by atoms with Crippen molar-refractivity contribution < 1.29 is 13.6 Å². The van der Waals surface area contributed by atoms with Crippen LogP contribution in [-0.4, -0.2) is 25.8 Å². The molecule has 0 aliphatic rings. The predicted molar refractivity (Wildman–Crippen MR) is 149 cm³/mol. The normalized spacial score (nSPS) is 11.3. The maximum Gasteiger partial charge on any atom is 0.274 e. The maximum atomic E-state index is 13.5. The van der Waals surface area contributed by atoms with Crippen molar-refractivity contribution in [1.82, 2.24) is 25.3 Å². The Morgan fingerprint density at radius 3 is 2.72 bits per heavy atom. The number of nitrogen functional groups attached to an aromatic ring is 1. The molecule has 0 aliphatic heterocycles. The first-order valence-corrected chi connectivity index (χ1v) is 12.8. The van der Waals surface area contributed by atoms with Gasteiger partial charge in [-0.25, -0.2) is 28.7 Å². The zero-order chi connectivity index (χ0) is 27.4. The number of hydrogen-bond acceptors (Lipinski definition) is 8. The summed E-state index contributed by atoms with van der Waals surface area (Å²) in [6.45, 7) is 2.24. The van der Waals surface area contributed by atoms with Crippen LogP contribution >= 0.6 is 11.3 Å². The van der Waals surface area contributed by atoms with Gasteiger partial charge in [-0.1, -0.05) is 18.2 Å². The number of benzene rings is 2. The van der Waals surface area contributed by atoms with E-state index in [-0.39, 0.29) is 12.2 Å². The van der Waals surface area contributed by atoms with E-state index in [0.717, 1.165) is 38.4 Å². The van der Waals surface area contributed by atoms with Gasteiger partial charge in [0.25, 0.3) is 5.91 Å². The van der Waals surface area contributed by atoms with Crippen LogP contribution in [0, 0.1) is 11.6 Å². The number of nitrogens with one attached hydrogen (secondary N) is 2. The lowest BCUT2D eigenvalue weighted by atomic mass is 10.1. The molecular weight excluding hydrogens is 520 g/mol. The van der Waals surface area contributed by atoms with Crippen molar-refractivity contribution >= 4 is 45.9 Å². The molecular formula is C28H23F2N7OS. The third-order valence-electron chi connectivity index (χ3n) is 5.82. The molecule has 196 valence electrons. The van der Waals surface area contributed by atoms with Crippen molar-refractivity contribution in [1.29, 1.82) is 0 Å². The molecule has 2 aromatic carbocycles. The molecule has 3 aromatic heterocycles. The van der Waals surface area contributed by atoms with Crippen LogP contribution in [-0.2, 0) is 13.1 Å². The number of amides is 1. The van der Waals surface area contributed by atoms with Crippen molar-refractivity contribution in [3.05, 3.63) is 101 Å². The van der Waals surface area contributed by atoms with Crippen LogP contribution < -0.4 is 16.4 Å². The molecule has 0 saturated heterocycles. The first-order valence-electron chi connectivity index (χ1n) is 12.0. The fourth-order valence-electron chi connectivity index (χ4n) is 3.89. The quantitative estimate of drug-likeness (QED) is 0.234. The maximum absolute atomic E-state index is 13.5. The number of hydrogen-bond donors (Lipinski definition) is 3. The Morgan fingerprint density at radius 1 is 1.03 bits per heavy atom. The Balaban J connectivity index is 1.32. The minimum absolute atomic E-state index is 0.000590. The van der Waals surface area contributed by atoms with Gasteiger partial charge in [-0.15, -0.1) is 11.3 Å². The standard InChI is InChI=1S/C28H23F2N7OS/c1-2-3-18-13-32-27(25(37-18)28(38)34-12-16-4-7-21(29)22(30)10-16)33-14-19-6-9-24(39-19)17-5-8-23-20(11-17)26(31)36-15-35-23/h2-11,13,15H,12,14H2,1H3,(H,32,33)(H,34,38)(H2,31,35,36). The lowest BCUT2D eigenvalue weighted by Crippen LogP contribution is -2.26. The topological polar surface area (TPSA) is 119 Å². The molecule has 1 amide bonds. The Kier molecular flexibility index (Phi) is 7.50. The van der Waals surface area contributed by atoms with Gasteiger partial charge in [0.05, 0.1) is 24.0 Å². The van der Waals surface area contributed by atoms with E-state index in [9.17, 15) is 13.6 Å². The highest BCUT2D eigenvalue weighted by Gasteiger charge is 2.16. The van der Waals surface area contributed by atoms with Crippen LogP contribution in [0.25, 0.3) is 27.4 Å². The fourth-order valence-corrected chi connectivity index (χ4v) is 4.83. The van der Waals surface area contributed by atoms with E-state index in [0.29, 0.717) is 29.4 Å². The fraction of sp³-hybridized carbons (Fsp3) is 0.107. The predicted octanol–water partition coefficient (Wildman–Crippen LogP) is 5.58. The number of aromatic nitrogens is 4. The summed E-state index contributed by atoms with van der Waals surface area (Å²) >= 11 is 1.59. The van der Waals surface area contributed by atoms with Crippen molar-refractivity contribution in [3.63, 3.8) is 0 Å². The van der Waals surface area contributed by atoms with E-state index in [2.05, 4.69) is 30.6 Å². The van der Waals surface area contributed by atoms with Gasteiger partial charge in [0.1, 0.15) is 12.1 Å². The van der Waals surface area contributed by atoms with E-state index in [1.54, 1.807) is 29.7 Å². The number of fused-ring (bicyclic) bond motifs is 1. The molecule has 0 fully saturated rings. The third kappa shape index (κ3) is 5.88. The molecule has 0 atom stereocenters. The Hall–Kier alpha value is -4.77. The van der Waals surface area contributed by atoms with Crippen LogP contribution in [0.3, 0.4) is 0 Å². The van der Waals surface area contributed by atoms with Crippen molar-refractivity contribution in [2.24, 2.45) is 0 Å². The first-order chi connectivity index (χ1) is 18.9. The molecule has 4 N–H and O–H groups in total. The number of nitrogens with two attached hydrogens (primary N) is 1. The SMILES string of the molecule is CC=Cc1cnc(NCc2ccc(-c3ccc4ncnc(N)c4c3)s2)c(C(=O)NCc2ccc(F)c(F)c2)n1. The third-order valence-corrected chi connectivity index (χ3v) is 6.96. The highest BCUT2D eigenvalue weighted by atomic mass is 32.1. The van der Waals surface area contributed by atoms with Gasteiger partial charge in [0.15, 0.2) is 23.1 Å². The Morgan fingerprint density at radius 2 is 1.90 bits per heavy atom. The van der Waals surface area contributed by atoms with Gasteiger partial charge in [0.2, 0.25) is 0 Å². The molecule has 39 heavy (non-hydrogen) atoms. The number of nitrogens with zero attached hydrogens (tertiary/aromatic N) is 4. The summed E-state index contributed by atoms with van der Waals surface area (Å²) in [5.74, 6) is -1.69. The van der Waals surface area contributed by atoms with Crippen LogP contribution in [0.5, 0.6) is 0 Å². The molecule has 11 heteroatoms. The molecule has 8 nitrogen and oxygen atoms in total. The van der Waals surface area contributed by atoms with Gasteiger partial charge in [-0.3, -0.25) is 4.79 Å². The lowest BCUT2D eigenvalue weighted by molar-refractivity contribution is 0.0946. The van der Waals surface area contributed by atoms with Gasteiger partial charge in [-0.05, 0) is 60.5 Å². The largest absolute Gasteiger partial charge is 0.383 e. The van der Waals surface area contributed by atoms with Crippen molar-refractivity contribution in [3.8, 4) is 10.4 Å². The van der Waals surface area contributed by atoms with Crippen LogP contribution in [0.1, 0.15) is 33.5 Å². The summed E-state index contributed by atoms with van der Waals surface area (Å²) in [6, 6.07) is 13.3. The molecule has 3 heterocycles. The summed E-state index contributed by atoms with van der Waals surface area (Å²) in [6.07, 6.45) is 6.53. The summed E-state index contributed by atoms with van der Waals surface area (Å²) in [4.78, 5) is 32.2. The average molecular weight is 544 g/mol. The van der Waals surface area contributed by atoms with E-state index < -0.39 is 17.5 Å². The minimum atomic E-state index is -0.977. The van der Waals surface area contributed by atoms with Crippen LogP contribution in [0.2, 0.25) is 0 Å². The Bertz CT molecular complexity index is 1700. The monoisotopic (exact) mass is 543 g/mol. The average Bonchev–Trinajstić information content (AvgIpc) is 3.42. The van der Waals surface area contributed by atoms with E-state index >= 15 is 0 Å². The molecule has 0 aliphatic carbocycles. The van der Waals surface area contributed by atoms with Gasteiger partial charge in [0, 0.05) is 21.7 Å². The minimum Gasteiger partial charge on any atom is -0.383 e. The summed E-state index contributed by atoms with van der Waals surface area (Å²) < 4.78 is 26.8. The molecule has 0 unspecified atom stereocenters. The van der Waals surface area contributed by atoms with Crippen LogP contribution in [0.15, 0.2) is 67.1 Å². The number of anilines is 2.